The van der Waals surface area contributed by atoms with Crippen LogP contribution in [0.3, 0.4) is 0 Å². The number of rotatable bonds is 8. The smallest absolute Gasteiger partial charge is 0.251 e. The van der Waals surface area contributed by atoms with Gasteiger partial charge < -0.3 is 10.2 Å². The van der Waals surface area contributed by atoms with Crippen molar-refractivity contribution in [3.63, 3.8) is 0 Å². The molecule has 146 valence electrons. The van der Waals surface area contributed by atoms with Crippen LogP contribution in [-0.4, -0.2) is 51.4 Å². The van der Waals surface area contributed by atoms with E-state index in [2.05, 4.69) is 14.9 Å². The maximum Gasteiger partial charge on any atom is 0.251 e. The van der Waals surface area contributed by atoms with E-state index in [-0.39, 0.29) is 16.8 Å². The summed E-state index contributed by atoms with van der Waals surface area (Å²) in [6, 6.07) is 5.87. The van der Waals surface area contributed by atoms with E-state index >= 15 is 0 Å². The zero-order chi connectivity index (χ0) is 19.0. The highest BCUT2D eigenvalue weighted by Crippen LogP contribution is 2.12. The van der Waals surface area contributed by atoms with Crippen molar-refractivity contribution in [3.05, 3.63) is 29.8 Å². The van der Waals surface area contributed by atoms with Crippen LogP contribution in [0, 0.1) is 0 Å². The van der Waals surface area contributed by atoms with Crippen LogP contribution < -0.4 is 10.0 Å². The van der Waals surface area contributed by atoms with Gasteiger partial charge >= 0.3 is 0 Å². The third-order valence-electron chi connectivity index (χ3n) is 4.45. The lowest BCUT2D eigenvalue weighted by Gasteiger charge is -2.19. The van der Waals surface area contributed by atoms with Gasteiger partial charge in [-0.1, -0.05) is 12.8 Å². The van der Waals surface area contributed by atoms with Crippen molar-refractivity contribution in [2.24, 2.45) is 0 Å². The molecule has 1 aromatic carbocycles. The van der Waals surface area contributed by atoms with Gasteiger partial charge in [0.05, 0.1) is 4.90 Å². The molecule has 7 heteroatoms. The summed E-state index contributed by atoms with van der Waals surface area (Å²) in [5.41, 5.74) is 0.475. The Morgan fingerprint density at radius 2 is 1.69 bits per heavy atom. The Labute approximate surface area is 157 Å². The number of likely N-dealkylation sites (tertiary alicyclic amines) is 1. The van der Waals surface area contributed by atoms with Gasteiger partial charge in [0.2, 0.25) is 10.0 Å². The molecule has 2 N–H and O–H groups in total. The first kappa shape index (κ1) is 20.9. The van der Waals surface area contributed by atoms with E-state index in [1.165, 1.54) is 37.8 Å². The summed E-state index contributed by atoms with van der Waals surface area (Å²) >= 11 is 0. The van der Waals surface area contributed by atoms with Gasteiger partial charge in [-0.2, -0.15) is 0 Å². The van der Waals surface area contributed by atoms with Crippen LogP contribution in [0.15, 0.2) is 29.2 Å². The van der Waals surface area contributed by atoms with Crippen molar-refractivity contribution >= 4 is 15.9 Å². The van der Waals surface area contributed by atoms with Crippen LogP contribution in [0.25, 0.3) is 0 Å². The Kier molecular flexibility index (Phi) is 8.06. The highest BCUT2D eigenvalue weighted by Gasteiger charge is 2.16. The molecule has 0 aliphatic carbocycles. The Bertz CT molecular complexity index is 664. The second-order valence-electron chi connectivity index (χ2n) is 7.17. The lowest BCUT2D eigenvalue weighted by Crippen LogP contribution is -2.31. The fraction of sp³-hybridized carbons (Fsp3) is 0.632. The summed E-state index contributed by atoms with van der Waals surface area (Å²) < 4.78 is 26.7. The molecule has 0 aromatic heterocycles. The molecule has 1 aliphatic heterocycles. The molecular formula is C19H31N3O3S. The molecular weight excluding hydrogens is 350 g/mol. The Hall–Kier alpha value is -1.44. The lowest BCUT2D eigenvalue weighted by atomic mass is 10.2. The zero-order valence-corrected chi connectivity index (χ0v) is 16.6. The van der Waals surface area contributed by atoms with Gasteiger partial charge in [0.1, 0.15) is 0 Å². The second kappa shape index (κ2) is 10.0. The predicted octanol–water partition coefficient (Wildman–Crippen LogP) is 2.37. The number of nitrogens with zero attached hydrogens (tertiary/aromatic N) is 1. The van der Waals surface area contributed by atoms with Crippen LogP contribution in [0.4, 0.5) is 0 Å². The average Bonchev–Trinajstić information content (AvgIpc) is 2.86. The number of carbonyl (C=O) groups is 1. The SMILES string of the molecule is CC(C)NS(=O)(=O)c1ccc(C(=O)NCCCN2CCCCCC2)cc1. The number of amides is 1. The van der Waals surface area contributed by atoms with Gasteiger partial charge in [-0.05, 0) is 77.0 Å². The molecule has 0 spiro atoms. The molecule has 0 saturated carbocycles. The normalized spacial score (nSPS) is 16.4. The van der Waals surface area contributed by atoms with E-state index in [0.29, 0.717) is 12.1 Å². The molecule has 1 fully saturated rings. The van der Waals surface area contributed by atoms with Gasteiger partial charge in [-0.15, -0.1) is 0 Å². The fourth-order valence-electron chi connectivity index (χ4n) is 3.13. The minimum atomic E-state index is -3.53. The standard InChI is InChI=1S/C19H31N3O3S/c1-16(2)21-26(24,25)18-10-8-17(9-11-18)19(23)20-12-7-15-22-13-5-3-4-6-14-22/h8-11,16,21H,3-7,12-15H2,1-2H3,(H,20,23). The first-order chi connectivity index (χ1) is 12.4. The Balaban J connectivity index is 1.78. The topological polar surface area (TPSA) is 78.5 Å². The maximum absolute atomic E-state index is 12.2. The summed E-state index contributed by atoms with van der Waals surface area (Å²) in [6.07, 6.45) is 6.12. The van der Waals surface area contributed by atoms with E-state index in [1.807, 2.05) is 0 Å². The molecule has 0 radical (unpaired) electrons. The van der Waals surface area contributed by atoms with Gasteiger partial charge in [0.25, 0.3) is 5.91 Å². The molecule has 1 aromatic rings. The molecule has 1 aliphatic rings. The van der Waals surface area contributed by atoms with Gasteiger partial charge in [0.15, 0.2) is 0 Å². The van der Waals surface area contributed by atoms with Crippen LogP contribution in [0.1, 0.15) is 56.3 Å². The number of hydrogen-bond donors (Lipinski definition) is 2. The fourth-order valence-corrected chi connectivity index (χ4v) is 4.38. The summed E-state index contributed by atoms with van der Waals surface area (Å²) in [4.78, 5) is 14.8. The monoisotopic (exact) mass is 381 g/mol. The molecule has 0 unspecified atom stereocenters. The average molecular weight is 382 g/mol. The number of nitrogens with one attached hydrogen (secondary N) is 2. The molecule has 2 rings (SSSR count). The van der Waals surface area contributed by atoms with Crippen LogP contribution in [0.5, 0.6) is 0 Å². The van der Waals surface area contributed by atoms with E-state index in [9.17, 15) is 13.2 Å². The number of carbonyl (C=O) groups excluding carboxylic acids is 1. The van der Waals surface area contributed by atoms with E-state index in [4.69, 9.17) is 0 Å². The molecule has 26 heavy (non-hydrogen) atoms. The Morgan fingerprint density at radius 1 is 1.08 bits per heavy atom. The molecule has 1 amide bonds. The highest BCUT2D eigenvalue weighted by atomic mass is 32.2. The zero-order valence-electron chi connectivity index (χ0n) is 15.8. The maximum atomic E-state index is 12.2. The lowest BCUT2D eigenvalue weighted by molar-refractivity contribution is 0.0951. The molecule has 0 bridgehead atoms. The van der Waals surface area contributed by atoms with Crippen molar-refractivity contribution < 1.29 is 13.2 Å². The van der Waals surface area contributed by atoms with E-state index < -0.39 is 10.0 Å². The quantitative estimate of drug-likeness (QED) is 0.678. The third-order valence-corrected chi connectivity index (χ3v) is 6.13. The predicted molar refractivity (Wildman–Crippen MR) is 104 cm³/mol. The van der Waals surface area contributed by atoms with Gasteiger partial charge in [-0.25, -0.2) is 13.1 Å². The van der Waals surface area contributed by atoms with Crippen molar-refractivity contribution in [3.8, 4) is 0 Å². The van der Waals surface area contributed by atoms with E-state index in [1.54, 1.807) is 26.0 Å². The van der Waals surface area contributed by atoms with Gasteiger partial charge in [0, 0.05) is 18.2 Å². The van der Waals surface area contributed by atoms with Gasteiger partial charge in [-0.3, -0.25) is 4.79 Å². The van der Waals surface area contributed by atoms with Crippen molar-refractivity contribution in [2.75, 3.05) is 26.2 Å². The van der Waals surface area contributed by atoms with Crippen LogP contribution in [0.2, 0.25) is 0 Å². The van der Waals surface area contributed by atoms with Crippen LogP contribution >= 0.6 is 0 Å². The number of hydrogen-bond acceptors (Lipinski definition) is 4. The summed E-state index contributed by atoms with van der Waals surface area (Å²) in [5.74, 6) is -0.165. The first-order valence-corrected chi connectivity index (χ1v) is 11.0. The molecule has 1 heterocycles. The largest absolute Gasteiger partial charge is 0.352 e. The summed E-state index contributed by atoms with van der Waals surface area (Å²) in [5, 5.41) is 2.91. The second-order valence-corrected chi connectivity index (χ2v) is 8.88. The molecule has 0 atom stereocenters. The Morgan fingerprint density at radius 3 is 2.27 bits per heavy atom. The molecule has 6 nitrogen and oxygen atoms in total. The minimum absolute atomic E-state index is 0.165. The van der Waals surface area contributed by atoms with Crippen LogP contribution in [-0.2, 0) is 10.0 Å². The summed E-state index contributed by atoms with van der Waals surface area (Å²) in [6.45, 7) is 7.50. The molecule has 1 saturated heterocycles. The summed E-state index contributed by atoms with van der Waals surface area (Å²) in [7, 11) is -3.53. The third kappa shape index (κ3) is 6.70. The minimum Gasteiger partial charge on any atom is -0.352 e. The van der Waals surface area contributed by atoms with E-state index in [0.717, 1.165) is 26.1 Å². The van der Waals surface area contributed by atoms with Crippen molar-refractivity contribution in [1.29, 1.82) is 0 Å². The number of benzene rings is 1. The van der Waals surface area contributed by atoms with Crippen molar-refractivity contribution in [2.45, 2.75) is 56.9 Å². The highest BCUT2D eigenvalue weighted by molar-refractivity contribution is 7.89. The number of sulfonamides is 1. The first-order valence-electron chi connectivity index (χ1n) is 9.51. The van der Waals surface area contributed by atoms with Crippen molar-refractivity contribution in [1.82, 2.24) is 14.9 Å².